The zero-order valence-corrected chi connectivity index (χ0v) is 15.5. The second kappa shape index (κ2) is 7.11. The van der Waals surface area contributed by atoms with Crippen LogP contribution in [0.5, 0.6) is 0 Å². The normalized spacial score (nSPS) is 12.1. The highest BCUT2D eigenvalue weighted by Crippen LogP contribution is 2.21. The molecule has 0 radical (unpaired) electrons. The van der Waals surface area contributed by atoms with Crippen molar-refractivity contribution in [1.29, 1.82) is 0 Å². The first-order valence-electron chi connectivity index (χ1n) is 8.85. The van der Waals surface area contributed by atoms with Gasteiger partial charge in [0.15, 0.2) is 5.69 Å². The summed E-state index contributed by atoms with van der Waals surface area (Å²) in [5.74, 6) is 0.331. The van der Waals surface area contributed by atoms with Crippen LogP contribution in [0, 0.1) is 0 Å². The second-order valence-electron chi connectivity index (χ2n) is 6.54. The fourth-order valence-corrected chi connectivity index (χ4v) is 3.26. The van der Waals surface area contributed by atoms with E-state index in [1.807, 2.05) is 48.1 Å². The van der Waals surface area contributed by atoms with Crippen LogP contribution in [0.25, 0.3) is 10.8 Å². The number of benzene rings is 2. The number of nitrogens with zero attached hydrogens (tertiary/aromatic N) is 4. The maximum Gasteiger partial charge on any atom is 0.274 e. The van der Waals surface area contributed by atoms with Crippen LogP contribution >= 0.6 is 0 Å². The number of amides is 1. The monoisotopic (exact) mass is 373 g/mol. The molecule has 4 rings (SSSR count). The third kappa shape index (κ3) is 3.07. The Hall–Kier alpha value is -3.74. The molecular formula is C21H19N5O2. The highest BCUT2D eigenvalue weighted by Gasteiger charge is 2.23. The summed E-state index contributed by atoms with van der Waals surface area (Å²) in [6.07, 6.45) is 3.52. The topological polar surface area (TPSA) is 81.8 Å². The fourth-order valence-electron chi connectivity index (χ4n) is 3.26. The molecule has 0 aliphatic heterocycles. The van der Waals surface area contributed by atoms with Crippen molar-refractivity contribution in [1.82, 2.24) is 24.6 Å². The lowest BCUT2D eigenvalue weighted by molar-refractivity contribution is 0.0936. The molecule has 2 heterocycles. The molecular weight excluding hydrogens is 354 g/mol. The van der Waals surface area contributed by atoms with Gasteiger partial charge < -0.3 is 9.88 Å². The van der Waals surface area contributed by atoms with Gasteiger partial charge in [-0.3, -0.25) is 9.59 Å². The quantitative estimate of drug-likeness (QED) is 0.594. The highest BCUT2D eigenvalue weighted by molar-refractivity contribution is 6.05. The Labute approximate surface area is 161 Å². The van der Waals surface area contributed by atoms with Gasteiger partial charge in [0.2, 0.25) is 0 Å². The number of nitrogens with one attached hydrogen (secondary N) is 1. The minimum Gasteiger partial charge on any atom is -0.337 e. The molecule has 1 amide bonds. The zero-order valence-electron chi connectivity index (χ0n) is 15.5. The molecule has 0 aliphatic rings. The van der Waals surface area contributed by atoms with Gasteiger partial charge in [0, 0.05) is 31.9 Å². The number of rotatable bonds is 4. The summed E-state index contributed by atoms with van der Waals surface area (Å²) in [6, 6.07) is 16.2. The molecule has 7 heteroatoms. The summed E-state index contributed by atoms with van der Waals surface area (Å²) in [7, 11) is 3.42. The smallest absolute Gasteiger partial charge is 0.274 e. The molecule has 0 unspecified atom stereocenters. The van der Waals surface area contributed by atoms with Gasteiger partial charge in [0.1, 0.15) is 11.9 Å². The van der Waals surface area contributed by atoms with Crippen LogP contribution < -0.4 is 10.9 Å². The van der Waals surface area contributed by atoms with Crippen LogP contribution in [-0.2, 0) is 14.1 Å². The highest BCUT2D eigenvalue weighted by atomic mass is 16.2. The van der Waals surface area contributed by atoms with Gasteiger partial charge in [0.05, 0.1) is 5.39 Å². The Bertz CT molecular complexity index is 1210. The van der Waals surface area contributed by atoms with Crippen molar-refractivity contribution < 1.29 is 4.79 Å². The summed E-state index contributed by atoms with van der Waals surface area (Å²) >= 11 is 0. The second-order valence-corrected chi connectivity index (χ2v) is 6.54. The number of carbonyl (C=O) groups is 1. The zero-order chi connectivity index (χ0) is 19.7. The summed E-state index contributed by atoms with van der Waals surface area (Å²) in [6.45, 7) is 0. The van der Waals surface area contributed by atoms with Gasteiger partial charge in [-0.05, 0) is 11.6 Å². The summed E-state index contributed by atoms with van der Waals surface area (Å²) in [5, 5.41) is 8.23. The molecule has 140 valence electrons. The summed E-state index contributed by atoms with van der Waals surface area (Å²) < 4.78 is 3.06. The Morgan fingerprint density at radius 3 is 2.36 bits per heavy atom. The molecule has 7 nitrogen and oxygen atoms in total. The lowest BCUT2D eigenvalue weighted by Crippen LogP contribution is -2.33. The van der Waals surface area contributed by atoms with E-state index in [0.29, 0.717) is 16.6 Å². The minimum absolute atomic E-state index is 0.202. The molecule has 0 saturated heterocycles. The van der Waals surface area contributed by atoms with Crippen molar-refractivity contribution in [2.24, 2.45) is 14.1 Å². The molecule has 0 aliphatic carbocycles. The predicted molar refractivity (Wildman–Crippen MR) is 106 cm³/mol. The standard InChI is InChI=1S/C21H19N5O2/c1-25-13-12-22-19(25)17(14-8-4-3-5-9-14)23-20(27)18-15-10-6-7-11-16(15)21(28)26(2)24-18/h3-13,17H,1-2H3,(H,23,27)/t17-/m0/s1. The SMILES string of the molecule is Cn1ccnc1[C@@H](NC(=O)c1nn(C)c(=O)c2ccccc12)c1ccccc1. The van der Waals surface area contributed by atoms with E-state index in [1.54, 1.807) is 37.5 Å². The van der Waals surface area contributed by atoms with Crippen LogP contribution in [0.1, 0.15) is 27.9 Å². The van der Waals surface area contributed by atoms with Crippen molar-refractivity contribution >= 4 is 16.7 Å². The van der Waals surface area contributed by atoms with Crippen molar-refractivity contribution in [3.05, 3.63) is 94.4 Å². The van der Waals surface area contributed by atoms with Gasteiger partial charge in [-0.25, -0.2) is 9.67 Å². The van der Waals surface area contributed by atoms with Crippen LogP contribution in [0.4, 0.5) is 0 Å². The van der Waals surface area contributed by atoms with Crippen molar-refractivity contribution in [3.63, 3.8) is 0 Å². The molecule has 4 aromatic rings. The number of hydrogen-bond acceptors (Lipinski definition) is 4. The van der Waals surface area contributed by atoms with Crippen LogP contribution in [0.3, 0.4) is 0 Å². The lowest BCUT2D eigenvalue weighted by Gasteiger charge is -2.19. The largest absolute Gasteiger partial charge is 0.337 e. The Kier molecular flexibility index (Phi) is 4.49. The number of imidazole rings is 1. The van der Waals surface area contributed by atoms with Gasteiger partial charge in [-0.1, -0.05) is 48.5 Å². The lowest BCUT2D eigenvalue weighted by atomic mass is 10.1. The molecule has 1 N–H and O–H groups in total. The van der Waals surface area contributed by atoms with E-state index in [4.69, 9.17) is 0 Å². The number of aromatic nitrogens is 4. The maximum absolute atomic E-state index is 13.2. The Morgan fingerprint density at radius 2 is 1.68 bits per heavy atom. The molecule has 0 fully saturated rings. The number of carbonyl (C=O) groups excluding carboxylic acids is 1. The number of aryl methyl sites for hydroxylation is 2. The van der Waals surface area contributed by atoms with Crippen LogP contribution in [0.2, 0.25) is 0 Å². The molecule has 2 aromatic carbocycles. The Morgan fingerprint density at radius 1 is 1.00 bits per heavy atom. The van der Waals surface area contributed by atoms with E-state index in [2.05, 4.69) is 15.4 Å². The van der Waals surface area contributed by atoms with Crippen molar-refractivity contribution in [2.45, 2.75) is 6.04 Å². The summed E-state index contributed by atoms with van der Waals surface area (Å²) in [4.78, 5) is 29.9. The third-order valence-electron chi connectivity index (χ3n) is 4.70. The van der Waals surface area contributed by atoms with E-state index >= 15 is 0 Å². The molecule has 0 saturated carbocycles. The molecule has 28 heavy (non-hydrogen) atoms. The van der Waals surface area contributed by atoms with E-state index in [-0.39, 0.29) is 17.2 Å². The van der Waals surface area contributed by atoms with Crippen molar-refractivity contribution in [2.75, 3.05) is 0 Å². The fraction of sp³-hybridized carbons (Fsp3) is 0.143. The third-order valence-corrected chi connectivity index (χ3v) is 4.70. The minimum atomic E-state index is -0.452. The molecule has 0 bridgehead atoms. The van der Waals surface area contributed by atoms with E-state index in [0.717, 1.165) is 5.56 Å². The average Bonchev–Trinajstić information content (AvgIpc) is 3.15. The Balaban J connectivity index is 1.80. The van der Waals surface area contributed by atoms with Crippen LogP contribution in [-0.4, -0.2) is 25.2 Å². The first kappa shape index (κ1) is 17.7. The van der Waals surface area contributed by atoms with Gasteiger partial charge in [0.25, 0.3) is 11.5 Å². The van der Waals surface area contributed by atoms with E-state index in [9.17, 15) is 9.59 Å². The van der Waals surface area contributed by atoms with E-state index < -0.39 is 6.04 Å². The molecule has 2 aromatic heterocycles. The van der Waals surface area contributed by atoms with E-state index in [1.165, 1.54) is 4.68 Å². The molecule has 0 spiro atoms. The first-order chi connectivity index (χ1) is 13.6. The van der Waals surface area contributed by atoms with Gasteiger partial charge >= 0.3 is 0 Å². The van der Waals surface area contributed by atoms with Gasteiger partial charge in [-0.15, -0.1) is 0 Å². The predicted octanol–water partition coefficient (Wildman–Crippen LogP) is 2.19. The summed E-state index contributed by atoms with van der Waals surface area (Å²) in [5.41, 5.74) is 0.864. The number of fused-ring (bicyclic) bond motifs is 1. The first-order valence-corrected chi connectivity index (χ1v) is 8.85. The average molecular weight is 373 g/mol. The molecule has 1 atom stereocenters. The van der Waals surface area contributed by atoms with Gasteiger partial charge in [-0.2, -0.15) is 5.10 Å². The number of hydrogen-bond donors (Lipinski definition) is 1. The van der Waals surface area contributed by atoms with Crippen LogP contribution in [0.15, 0.2) is 71.8 Å². The maximum atomic E-state index is 13.2. The van der Waals surface area contributed by atoms with Crippen molar-refractivity contribution in [3.8, 4) is 0 Å².